The van der Waals surface area contributed by atoms with Gasteiger partial charge in [0.1, 0.15) is 6.10 Å². The zero-order valence-electron chi connectivity index (χ0n) is 21.8. The van der Waals surface area contributed by atoms with Crippen molar-refractivity contribution in [2.75, 3.05) is 19.8 Å². The molecule has 0 fully saturated rings. The monoisotopic (exact) mass is 471 g/mol. The molecule has 0 saturated heterocycles. The lowest BCUT2D eigenvalue weighted by atomic mass is 9.87. The second-order valence-electron chi connectivity index (χ2n) is 10.1. The number of carbonyl (C=O) groups is 2. The van der Waals surface area contributed by atoms with Gasteiger partial charge in [0.25, 0.3) is 0 Å². The van der Waals surface area contributed by atoms with E-state index in [1.807, 2.05) is 0 Å². The van der Waals surface area contributed by atoms with Gasteiger partial charge in [0, 0.05) is 12.0 Å². The number of aliphatic hydroxyl groups is 2. The maximum Gasteiger partial charge on any atom is 0.307 e. The molecule has 0 aromatic heterocycles. The van der Waals surface area contributed by atoms with E-state index in [0.29, 0.717) is 6.61 Å². The van der Waals surface area contributed by atoms with E-state index in [1.165, 1.54) is 89.9 Å². The van der Waals surface area contributed by atoms with Gasteiger partial charge in [-0.2, -0.15) is 0 Å². The van der Waals surface area contributed by atoms with E-state index in [1.54, 1.807) is 13.8 Å². The quantitative estimate of drug-likeness (QED) is 0.132. The summed E-state index contributed by atoms with van der Waals surface area (Å²) in [7, 11) is 0. The van der Waals surface area contributed by atoms with Crippen molar-refractivity contribution in [2.45, 2.75) is 136 Å². The van der Waals surface area contributed by atoms with Crippen LogP contribution < -0.4 is 5.32 Å². The molecule has 0 rings (SSSR count). The average molecular weight is 472 g/mol. The van der Waals surface area contributed by atoms with Gasteiger partial charge in [0.05, 0.1) is 19.6 Å². The number of aliphatic hydroxyl groups excluding tert-OH is 2. The van der Waals surface area contributed by atoms with E-state index in [9.17, 15) is 19.8 Å². The first-order chi connectivity index (χ1) is 15.8. The minimum absolute atomic E-state index is 0.0802. The lowest BCUT2D eigenvalue weighted by Gasteiger charge is -2.27. The molecule has 3 N–H and O–H groups in total. The van der Waals surface area contributed by atoms with Gasteiger partial charge < -0.3 is 20.3 Å². The van der Waals surface area contributed by atoms with Crippen LogP contribution in [0.5, 0.6) is 0 Å². The third-order valence-corrected chi connectivity index (χ3v) is 6.29. The lowest BCUT2D eigenvalue weighted by molar-refractivity contribution is -0.144. The SMILES string of the molecule is CCCCCCCCCCCCCCCCCCOC(=O)CCNC(=O)[C@H](O)C(C)(C)CO. The summed E-state index contributed by atoms with van der Waals surface area (Å²) in [5, 5.41) is 21.6. The molecule has 0 unspecified atom stereocenters. The fraction of sp³-hybridized carbons (Fsp3) is 0.926. The van der Waals surface area contributed by atoms with E-state index in [0.717, 1.165) is 12.8 Å². The Labute approximate surface area is 203 Å². The van der Waals surface area contributed by atoms with E-state index in [-0.39, 0.29) is 25.5 Å². The number of rotatable bonds is 23. The first-order valence-corrected chi connectivity index (χ1v) is 13.6. The Morgan fingerprint density at radius 3 is 1.64 bits per heavy atom. The maximum absolute atomic E-state index is 11.8. The van der Waals surface area contributed by atoms with Crippen LogP contribution in [0.4, 0.5) is 0 Å². The molecule has 0 aliphatic rings. The fourth-order valence-corrected chi connectivity index (χ4v) is 3.73. The number of nitrogens with one attached hydrogen (secondary N) is 1. The number of ether oxygens (including phenoxy) is 1. The Bertz CT molecular complexity index is 481. The molecule has 0 aliphatic carbocycles. The molecule has 33 heavy (non-hydrogen) atoms. The highest BCUT2D eigenvalue weighted by molar-refractivity contribution is 5.81. The summed E-state index contributed by atoms with van der Waals surface area (Å²) in [6.07, 6.45) is 19.7. The topological polar surface area (TPSA) is 95.9 Å². The van der Waals surface area contributed by atoms with E-state index >= 15 is 0 Å². The highest BCUT2D eigenvalue weighted by Gasteiger charge is 2.32. The Kier molecular flexibility index (Phi) is 20.7. The van der Waals surface area contributed by atoms with Crippen LogP contribution in [0.15, 0.2) is 0 Å². The van der Waals surface area contributed by atoms with Crippen molar-refractivity contribution in [3.05, 3.63) is 0 Å². The molecular weight excluding hydrogens is 418 g/mol. The molecule has 196 valence electrons. The number of hydrogen-bond donors (Lipinski definition) is 3. The molecule has 0 radical (unpaired) electrons. The smallest absolute Gasteiger partial charge is 0.307 e. The minimum Gasteiger partial charge on any atom is -0.466 e. The average Bonchev–Trinajstić information content (AvgIpc) is 2.80. The van der Waals surface area contributed by atoms with Gasteiger partial charge in [0.15, 0.2) is 0 Å². The third-order valence-electron chi connectivity index (χ3n) is 6.29. The summed E-state index contributed by atoms with van der Waals surface area (Å²) in [5.74, 6) is -0.924. The van der Waals surface area contributed by atoms with Crippen LogP contribution >= 0.6 is 0 Å². The zero-order chi connectivity index (χ0) is 24.8. The maximum atomic E-state index is 11.8. The number of carbonyl (C=O) groups excluding carboxylic acids is 2. The summed E-state index contributed by atoms with van der Waals surface area (Å²) in [4.78, 5) is 23.6. The molecule has 1 amide bonds. The number of hydrogen-bond acceptors (Lipinski definition) is 5. The standard InChI is InChI=1S/C27H53NO5/c1-4-5-6-7-8-9-10-11-12-13-14-15-16-17-18-19-22-33-24(30)20-21-28-26(32)25(31)27(2,3)23-29/h25,29,31H,4-23H2,1-3H3,(H,28,32)/t25-/m0/s1. The molecule has 6 heteroatoms. The van der Waals surface area contributed by atoms with Crippen molar-refractivity contribution in [2.24, 2.45) is 5.41 Å². The van der Waals surface area contributed by atoms with Crippen molar-refractivity contribution in [1.82, 2.24) is 5.32 Å². The van der Waals surface area contributed by atoms with Gasteiger partial charge in [-0.25, -0.2) is 0 Å². The van der Waals surface area contributed by atoms with Crippen molar-refractivity contribution in [3.63, 3.8) is 0 Å². The molecule has 1 atom stereocenters. The Balaban J connectivity index is 3.38. The second-order valence-corrected chi connectivity index (χ2v) is 10.1. The van der Waals surface area contributed by atoms with Crippen LogP contribution in [0.25, 0.3) is 0 Å². The van der Waals surface area contributed by atoms with E-state index in [2.05, 4.69) is 12.2 Å². The summed E-state index contributed by atoms with van der Waals surface area (Å²) in [6.45, 7) is 5.71. The van der Waals surface area contributed by atoms with Gasteiger partial charge in [-0.05, 0) is 6.42 Å². The minimum atomic E-state index is -1.32. The largest absolute Gasteiger partial charge is 0.466 e. The van der Waals surface area contributed by atoms with Crippen molar-refractivity contribution in [1.29, 1.82) is 0 Å². The van der Waals surface area contributed by atoms with Crippen LogP contribution in [0, 0.1) is 5.41 Å². The Morgan fingerprint density at radius 1 is 0.788 bits per heavy atom. The van der Waals surface area contributed by atoms with Gasteiger partial charge in [-0.1, -0.05) is 117 Å². The van der Waals surface area contributed by atoms with Crippen LogP contribution in [-0.4, -0.2) is 48.0 Å². The highest BCUT2D eigenvalue weighted by Crippen LogP contribution is 2.19. The van der Waals surface area contributed by atoms with E-state index < -0.39 is 17.4 Å². The van der Waals surface area contributed by atoms with Gasteiger partial charge >= 0.3 is 5.97 Å². The van der Waals surface area contributed by atoms with Crippen LogP contribution in [0.2, 0.25) is 0 Å². The molecule has 0 saturated carbocycles. The molecule has 6 nitrogen and oxygen atoms in total. The predicted octanol–water partition coefficient (Wildman–Crippen LogP) is 5.68. The van der Waals surface area contributed by atoms with Crippen molar-refractivity contribution in [3.8, 4) is 0 Å². The summed E-state index contributed by atoms with van der Waals surface area (Å²) in [6, 6.07) is 0. The molecule has 0 aromatic rings. The second kappa shape index (κ2) is 21.4. The molecule has 0 aliphatic heterocycles. The van der Waals surface area contributed by atoms with Gasteiger partial charge in [0.2, 0.25) is 5.91 Å². The number of esters is 1. The zero-order valence-corrected chi connectivity index (χ0v) is 21.8. The van der Waals surface area contributed by atoms with Crippen LogP contribution in [0.1, 0.15) is 130 Å². The van der Waals surface area contributed by atoms with E-state index in [4.69, 9.17) is 4.74 Å². The number of amides is 1. The van der Waals surface area contributed by atoms with Crippen LogP contribution in [-0.2, 0) is 14.3 Å². The normalized spacial score (nSPS) is 12.5. The Morgan fingerprint density at radius 2 is 1.21 bits per heavy atom. The predicted molar refractivity (Wildman–Crippen MR) is 135 cm³/mol. The summed E-state index contributed by atoms with van der Waals surface area (Å²) >= 11 is 0. The lowest BCUT2D eigenvalue weighted by Crippen LogP contribution is -2.46. The third kappa shape index (κ3) is 18.9. The number of unbranched alkanes of at least 4 members (excludes halogenated alkanes) is 15. The van der Waals surface area contributed by atoms with Gasteiger partial charge in [-0.15, -0.1) is 0 Å². The molecule has 0 aromatic carbocycles. The van der Waals surface area contributed by atoms with Crippen LogP contribution in [0.3, 0.4) is 0 Å². The van der Waals surface area contributed by atoms with Crippen molar-refractivity contribution < 1.29 is 24.5 Å². The molecule has 0 bridgehead atoms. The van der Waals surface area contributed by atoms with Gasteiger partial charge in [-0.3, -0.25) is 9.59 Å². The van der Waals surface area contributed by atoms with Crippen molar-refractivity contribution >= 4 is 11.9 Å². The molecule has 0 spiro atoms. The molecular formula is C27H53NO5. The summed E-state index contributed by atoms with van der Waals surface area (Å²) < 4.78 is 5.20. The highest BCUT2D eigenvalue weighted by atomic mass is 16.5. The fourth-order valence-electron chi connectivity index (χ4n) is 3.73. The molecule has 0 heterocycles. The first kappa shape index (κ1) is 31.9. The first-order valence-electron chi connectivity index (χ1n) is 13.6. The Hall–Kier alpha value is -1.14. The summed E-state index contributed by atoms with van der Waals surface area (Å²) in [5.41, 5.74) is -0.919.